The average Bonchev–Trinajstić information content (AvgIpc) is 2.56. The van der Waals surface area contributed by atoms with Crippen LogP contribution >= 0.6 is 15.9 Å². The molecule has 2 aromatic rings. The summed E-state index contributed by atoms with van der Waals surface area (Å²) in [6.07, 6.45) is 1.55. The number of benzene rings is 2. The number of rotatable bonds is 6. The summed E-state index contributed by atoms with van der Waals surface area (Å²) in [6.45, 7) is 2.42. The predicted molar refractivity (Wildman–Crippen MR) is 93.4 cm³/mol. The van der Waals surface area contributed by atoms with Crippen molar-refractivity contribution in [3.63, 3.8) is 0 Å². The van der Waals surface area contributed by atoms with Gasteiger partial charge in [0.05, 0.1) is 24.4 Å². The molecule has 1 amide bonds. The molecule has 6 heteroatoms. The number of nitrogens with zero attached hydrogens (tertiary/aromatic N) is 1. The van der Waals surface area contributed by atoms with Gasteiger partial charge in [0.1, 0.15) is 0 Å². The Hall–Kier alpha value is -2.34. The zero-order valence-corrected chi connectivity index (χ0v) is 14.5. The van der Waals surface area contributed by atoms with E-state index in [2.05, 4.69) is 26.5 Å². The Labute approximate surface area is 143 Å². The fraction of sp³-hybridized carbons (Fsp3) is 0.176. The molecule has 120 valence electrons. The van der Waals surface area contributed by atoms with Crippen LogP contribution in [0.15, 0.2) is 52.0 Å². The molecule has 23 heavy (non-hydrogen) atoms. The molecule has 0 aromatic heterocycles. The van der Waals surface area contributed by atoms with Crippen LogP contribution in [0.5, 0.6) is 11.5 Å². The molecule has 5 nitrogen and oxygen atoms in total. The first-order chi connectivity index (χ1) is 11.2. The van der Waals surface area contributed by atoms with Gasteiger partial charge in [0.15, 0.2) is 11.5 Å². The van der Waals surface area contributed by atoms with Crippen molar-refractivity contribution in [3.05, 3.63) is 58.1 Å². The van der Waals surface area contributed by atoms with E-state index in [1.54, 1.807) is 43.7 Å². The van der Waals surface area contributed by atoms with Crippen molar-refractivity contribution in [2.45, 2.75) is 6.92 Å². The summed E-state index contributed by atoms with van der Waals surface area (Å²) in [7, 11) is 1.58. The third kappa shape index (κ3) is 4.56. The summed E-state index contributed by atoms with van der Waals surface area (Å²) in [5.41, 5.74) is 3.81. The van der Waals surface area contributed by atoms with Gasteiger partial charge in [-0.15, -0.1) is 0 Å². The van der Waals surface area contributed by atoms with E-state index in [1.807, 2.05) is 19.1 Å². The lowest BCUT2D eigenvalue weighted by Crippen LogP contribution is -2.17. The zero-order chi connectivity index (χ0) is 16.7. The highest BCUT2D eigenvalue weighted by Crippen LogP contribution is 2.36. The first-order valence-corrected chi connectivity index (χ1v) is 7.83. The van der Waals surface area contributed by atoms with Crippen molar-refractivity contribution in [3.8, 4) is 11.5 Å². The Morgan fingerprint density at radius 2 is 2.04 bits per heavy atom. The van der Waals surface area contributed by atoms with Crippen LogP contribution in [0.1, 0.15) is 22.8 Å². The van der Waals surface area contributed by atoms with E-state index < -0.39 is 0 Å². The SMILES string of the molecule is CCOc1cc(/C=N\NC(=O)c2ccccc2)cc(Br)c1OC. The first kappa shape index (κ1) is 17.0. The van der Waals surface area contributed by atoms with Crippen molar-refractivity contribution in [2.24, 2.45) is 5.10 Å². The minimum Gasteiger partial charge on any atom is -0.492 e. The quantitative estimate of drug-likeness (QED) is 0.618. The zero-order valence-electron chi connectivity index (χ0n) is 12.9. The third-order valence-corrected chi connectivity index (χ3v) is 3.54. The number of hydrazone groups is 1. The number of halogens is 1. The van der Waals surface area contributed by atoms with Crippen LogP contribution in [0.2, 0.25) is 0 Å². The molecule has 0 heterocycles. The Bertz CT molecular complexity index is 702. The van der Waals surface area contributed by atoms with Crippen LogP contribution in [-0.4, -0.2) is 25.8 Å². The van der Waals surface area contributed by atoms with Gasteiger partial charge in [-0.3, -0.25) is 4.79 Å². The number of methoxy groups -OCH3 is 1. The predicted octanol–water partition coefficient (Wildman–Crippen LogP) is 3.62. The summed E-state index contributed by atoms with van der Waals surface area (Å²) in [6, 6.07) is 12.5. The van der Waals surface area contributed by atoms with E-state index in [4.69, 9.17) is 9.47 Å². The number of nitrogens with one attached hydrogen (secondary N) is 1. The lowest BCUT2D eigenvalue weighted by molar-refractivity contribution is 0.0955. The lowest BCUT2D eigenvalue weighted by atomic mass is 10.2. The van der Waals surface area contributed by atoms with E-state index in [9.17, 15) is 4.79 Å². The van der Waals surface area contributed by atoms with Gasteiger partial charge in [-0.25, -0.2) is 5.43 Å². The largest absolute Gasteiger partial charge is 0.492 e. The van der Waals surface area contributed by atoms with Gasteiger partial charge in [-0.1, -0.05) is 18.2 Å². The van der Waals surface area contributed by atoms with E-state index in [1.165, 1.54) is 0 Å². The molecule has 0 saturated heterocycles. The van der Waals surface area contributed by atoms with Crippen molar-refractivity contribution < 1.29 is 14.3 Å². The molecule has 0 atom stereocenters. The lowest BCUT2D eigenvalue weighted by Gasteiger charge is -2.11. The van der Waals surface area contributed by atoms with Crippen LogP contribution in [0.4, 0.5) is 0 Å². The Kier molecular flexibility index (Phi) is 6.17. The molecule has 0 saturated carbocycles. The minimum atomic E-state index is -0.264. The maximum absolute atomic E-state index is 11.9. The van der Waals surface area contributed by atoms with Gasteiger partial charge in [0, 0.05) is 5.56 Å². The number of ether oxygens (including phenoxy) is 2. The van der Waals surface area contributed by atoms with E-state index in [0.717, 1.165) is 10.0 Å². The number of hydrogen-bond donors (Lipinski definition) is 1. The summed E-state index contributed by atoms with van der Waals surface area (Å²) in [5.74, 6) is 0.969. The number of amides is 1. The normalized spacial score (nSPS) is 10.6. The highest BCUT2D eigenvalue weighted by atomic mass is 79.9. The van der Waals surface area contributed by atoms with Crippen molar-refractivity contribution in [1.29, 1.82) is 0 Å². The summed E-state index contributed by atoms with van der Waals surface area (Å²) in [5, 5.41) is 3.97. The second-order valence-electron chi connectivity index (χ2n) is 4.53. The molecule has 0 bridgehead atoms. The van der Waals surface area contributed by atoms with Crippen LogP contribution in [0.25, 0.3) is 0 Å². The fourth-order valence-corrected chi connectivity index (χ4v) is 2.56. The average molecular weight is 377 g/mol. The second kappa shape index (κ2) is 8.33. The van der Waals surface area contributed by atoms with Crippen LogP contribution in [0, 0.1) is 0 Å². The molecule has 2 rings (SSSR count). The maximum Gasteiger partial charge on any atom is 0.271 e. The molecule has 0 radical (unpaired) electrons. The van der Waals surface area contributed by atoms with Crippen molar-refractivity contribution in [1.82, 2.24) is 5.43 Å². The van der Waals surface area contributed by atoms with Crippen molar-refractivity contribution in [2.75, 3.05) is 13.7 Å². The smallest absolute Gasteiger partial charge is 0.271 e. The maximum atomic E-state index is 11.9. The van der Waals surface area contributed by atoms with Gasteiger partial charge in [-0.05, 0) is 52.7 Å². The van der Waals surface area contributed by atoms with Gasteiger partial charge in [0.2, 0.25) is 0 Å². The number of carbonyl (C=O) groups is 1. The molecule has 0 spiro atoms. The van der Waals surface area contributed by atoms with Gasteiger partial charge >= 0.3 is 0 Å². The minimum absolute atomic E-state index is 0.264. The van der Waals surface area contributed by atoms with Crippen LogP contribution in [-0.2, 0) is 0 Å². The van der Waals surface area contributed by atoms with Crippen LogP contribution in [0.3, 0.4) is 0 Å². The summed E-state index contributed by atoms with van der Waals surface area (Å²) in [4.78, 5) is 11.9. The standard InChI is InChI=1S/C17H17BrN2O3/c1-3-23-15-10-12(9-14(18)16(15)22-2)11-19-20-17(21)13-7-5-4-6-8-13/h4-11H,3H2,1-2H3,(H,20,21)/b19-11-. The Balaban J connectivity index is 2.12. The monoisotopic (exact) mass is 376 g/mol. The number of hydrogen-bond acceptors (Lipinski definition) is 4. The molecule has 0 unspecified atom stereocenters. The summed E-state index contributed by atoms with van der Waals surface area (Å²) >= 11 is 3.43. The Morgan fingerprint density at radius 3 is 2.70 bits per heavy atom. The molecule has 0 aliphatic carbocycles. The van der Waals surface area contributed by atoms with Gasteiger partial charge in [-0.2, -0.15) is 5.10 Å². The molecule has 0 aliphatic rings. The highest BCUT2D eigenvalue weighted by Gasteiger charge is 2.10. The first-order valence-electron chi connectivity index (χ1n) is 7.04. The van der Waals surface area contributed by atoms with E-state index in [-0.39, 0.29) is 5.91 Å². The second-order valence-corrected chi connectivity index (χ2v) is 5.39. The van der Waals surface area contributed by atoms with Crippen LogP contribution < -0.4 is 14.9 Å². The molecular formula is C17H17BrN2O3. The third-order valence-electron chi connectivity index (χ3n) is 2.95. The van der Waals surface area contributed by atoms with E-state index in [0.29, 0.717) is 23.7 Å². The summed E-state index contributed by atoms with van der Waals surface area (Å²) < 4.78 is 11.6. The molecule has 0 fully saturated rings. The van der Waals surface area contributed by atoms with E-state index >= 15 is 0 Å². The molecular weight excluding hydrogens is 360 g/mol. The van der Waals surface area contributed by atoms with Crippen molar-refractivity contribution >= 4 is 28.1 Å². The molecule has 0 aliphatic heterocycles. The fourth-order valence-electron chi connectivity index (χ4n) is 1.94. The molecule has 1 N–H and O–H groups in total. The topological polar surface area (TPSA) is 59.9 Å². The Morgan fingerprint density at radius 1 is 1.30 bits per heavy atom. The van der Waals surface area contributed by atoms with Gasteiger partial charge < -0.3 is 9.47 Å². The molecule has 2 aromatic carbocycles. The van der Waals surface area contributed by atoms with Gasteiger partial charge in [0.25, 0.3) is 5.91 Å². The number of carbonyl (C=O) groups excluding carboxylic acids is 1. The highest BCUT2D eigenvalue weighted by molar-refractivity contribution is 9.10.